The molecule has 0 saturated carbocycles. The van der Waals surface area contributed by atoms with Gasteiger partial charge in [-0.2, -0.15) is 0 Å². The van der Waals surface area contributed by atoms with E-state index in [9.17, 15) is 14.9 Å². The number of nitro groups is 1. The third kappa shape index (κ3) is 3.20. The lowest BCUT2D eigenvalue weighted by Crippen LogP contribution is -1.96. The van der Waals surface area contributed by atoms with E-state index in [1.807, 2.05) is 0 Å². The average molecular weight is 221 g/mol. The summed E-state index contributed by atoms with van der Waals surface area (Å²) >= 11 is 0. The van der Waals surface area contributed by atoms with Gasteiger partial charge in [-0.15, -0.1) is 0 Å². The maximum atomic E-state index is 10.5. The molecule has 0 bridgehead atoms. The molecule has 1 N–H and O–H groups in total. The lowest BCUT2D eigenvalue weighted by Gasteiger charge is -1.97. The zero-order valence-corrected chi connectivity index (χ0v) is 8.71. The van der Waals surface area contributed by atoms with Gasteiger partial charge in [0.2, 0.25) is 0 Å². The Morgan fingerprint density at radius 1 is 1.44 bits per heavy atom. The fourth-order valence-electron chi connectivity index (χ4n) is 1.11. The summed E-state index contributed by atoms with van der Waals surface area (Å²) in [6.45, 7) is 1.51. The van der Waals surface area contributed by atoms with Crippen molar-refractivity contribution in [3.63, 3.8) is 0 Å². The van der Waals surface area contributed by atoms with Crippen molar-refractivity contribution in [1.82, 2.24) is 0 Å². The largest absolute Gasteiger partial charge is 0.478 e. The van der Waals surface area contributed by atoms with Gasteiger partial charge in [-0.1, -0.05) is 18.2 Å². The van der Waals surface area contributed by atoms with Gasteiger partial charge >= 0.3 is 5.97 Å². The van der Waals surface area contributed by atoms with Crippen molar-refractivity contribution >= 4 is 11.7 Å². The highest BCUT2D eigenvalue weighted by molar-refractivity contribution is 5.85. The van der Waals surface area contributed by atoms with Crippen LogP contribution in [0.2, 0.25) is 0 Å². The zero-order chi connectivity index (χ0) is 12.1. The van der Waals surface area contributed by atoms with Gasteiger partial charge in [-0.25, -0.2) is 4.79 Å². The van der Waals surface area contributed by atoms with Gasteiger partial charge in [0, 0.05) is 17.7 Å². The fourth-order valence-corrected chi connectivity index (χ4v) is 1.11. The molecular formula is C11H11NO4. The first-order chi connectivity index (χ1) is 7.50. The topological polar surface area (TPSA) is 80.4 Å². The monoisotopic (exact) mass is 221 g/mol. The van der Waals surface area contributed by atoms with Crippen LogP contribution in [-0.4, -0.2) is 16.0 Å². The Labute approximate surface area is 92.2 Å². The highest BCUT2D eigenvalue weighted by Gasteiger charge is 2.03. The first kappa shape index (κ1) is 11.9. The molecule has 0 spiro atoms. The van der Waals surface area contributed by atoms with Crippen LogP contribution in [0.25, 0.3) is 0 Å². The van der Waals surface area contributed by atoms with Crippen LogP contribution >= 0.6 is 0 Å². The van der Waals surface area contributed by atoms with E-state index < -0.39 is 10.9 Å². The molecule has 0 aliphatic rings. The summed E-state index contributed by atoms with van der Waals surface area (Å²) < 4.78 is 0. The van der Waals surface area contributed by atoms with Gasteiger partial charge in [0.15, 0.2) is 0 Å². The predicted molar refractivity (Wildman–Crippen MR) is 58.2 cm³/mol. The molecule has 0 amide bonds. The molecular weight excluding hydrogens is 210 g/mol. The SMILES string of the molecule is CC(=CCc1ccc([N+](=O)[O-])cc1)C(=O)O. The number of aliphatic carboxylic acids is 1. The molecule has 1 aromatic rings. The first-order valence-electron chi connectivity index (χ1n) is 4.64. The second-order valence-electron chi connectivity index (χ2n) is 3.32. The van der Waals surface area contributed by atoms with Crippen molar-refractivity contribution in [2.45, 2.75) is 13.3 Å². The molecule has 0 unspecified atom stereocenters. The molecule has 5 heteroatoms. The maximum Gasteiger partial charge on any atom is 0.330 e. The van der Waals surface area contributed by atoms with Crippen LogP contribution in [0.4, 0.5) is 5.69 Å². The molecule has 1 aromatic carbocycles. The average Bonchev–Trinajstić information content (AvgIpc) is 2.26. The standard InChI is InChI=1S/C11H11NO4/c1-8(11(13)14)2-3-9-4-6-10(7-5-9)12(15)16/h2,4-7H,3H2,1H3,(H,13,14). The molecule has 0 radical (unpaired) electrons. The van der Waals surface area contributed by atoms with Crippen LogP contribution in [0.3, 0.4) is 0 Å². The summed E-state index contributed by atoms with van der Waals surface area (Å²) in [5.74, 6) is -0.957. The van der Waals surface area contributed by atoms with Gasteiger partial charge in [0.25, 0.3) is 5.69 Å². The van der Waals surface area contributed by atoms with Crippen LogP contribution < -0.4 is 0 Å². The Kier molecular flexibility index (Phi) is 3.77. The number of nitrogens with zero attached hydrogens (tertiary/aromatic N) is 1. The van der Waals surface area contributed by atoms with Crippen molar-refractivity contribution in [2.24, 2.45) is 0 Å². The molecule has 16 heavy (non-hydrogen) atoms. The van der Waals surface area contributed by atoms with E-state index in [1.165, 1.54) is 19.1 Å². The van der Waals surface area contributed by atoms with E-state index in [2.05, 4.69) is 0 Å². The molecule has 5 nitrogen and oxygen atoms in total. The highest BCUT2D eigenvalue weighted by atomic mass is 16.6. The molecule has 1 rings (SSSR count). The van der Waals surface area contributed by atoms with Gasteiger partial charge < -0.3 is 5.11 Å². The number of benzene rings is 1. The molecule has 0 fully saturated rings. The van der Waals surface area contributed by atoms with Crippen LogP contribution in [0.1, 0.15) is 12.5 Å². The minimum Gasteiger partial charge on any atom is -0.478 e. The Morgan fingerprint density at radius 3 is 2.44 bits per heavy atom. The van der Waals surface area contributed by atoms with E-state index in [0.29, 0.717) is 6.42 Å². The Hall–Kier alpha value is -2.17. The number of carboxylic acid groups (broad SMARTS) is 1. The Morgan fingerprint density at radius 2 is 2.00 bits per heavy atom. The first-order valence-corrected chi connectivity index (χ1v) is 4.64. The van der Waals surface area contributed by atoms with Gasteiger partial charge in [-0.05, 0) is 18.9 Å². The number of allylic oxidation sites excluding steroid dienone is 1. The summed E-state index contributed by atoms with van der Waals surface area (Å²) in [4.78, 5) is 20.4. The number of hydrogen-bond donors (Lipinski definition) is 1. The summed E-state index contributed by atoms with van der Waals surface area (Å²) in [7, 11) is 0. The van der Waals surface area contributed by atoms with Crippen molar-refractivity contribution < 1.29 is 14.8 Å². The normalized spacial score (nSPS) is 11.2. The quantitative estimate of drug-likeness (QED) is 0.480. The van der Waals surface area contributed by atoms with Crippen LogP contribution in [-0.2, 0) is 11.2 Å². The lowest BCUT2D eigenvalue weighted by atomic mass is 10.1. The molecule has 0 heterocycles. The van der Waals surface area contributed by atoms with Gasteiger partial charge in [0.05, 0.1) is 4.92 Å². The molecule has 0 aliphatic carbocycles. The Bertz CT molecular complexity index is 434. The molecule has 0 saturated heterocycles. The smallest absolute Gasteiger partial charge is 0.330 e. The van der Waals surface area contributed by atoms with E-state index in [4.69, 9.17) is 5.11 Å². The number of nitro benzene ring substituents is 1. The number of non-ortho nitro benzene ring substituents is 1. The fraction of sp³-hybridized carbons (Fsp3) is 0.182. The van der Waals surface area contributed by atoms with Crippen LogP contribution in [0, 0.1) is 10.1 Å². The third-order valence-electron chi connectivity index (χ3n) is 2.13. The minimum absolute atomic E-state index is 0.0303. The highest BCUT2D eigenvalue weighted by Crippen LogP contribution is 2.12. The van der Waals surface area contributed by atoms with Crippen LogP contribution in [0.15, 0.2) is 35.9 Å². The van der Waals surface area contributed by atoms with E-state index in [-0.39, 0.29) is 11.3 Å². The van der Waals surface area contributed by atoms with Crippen LogP contribution in [0.5, 0.6) is 0 Å². The summed E-state index contributed by atoms with van der Waals surface area (Å²) in [6, 6.07) is 6.03. The molecule has 0 aliphatic heterocycles. The number of carbonyl (C=O) groups is 1. The molecule has 84 valence electrons. The van der Waals surface area contributed by atoms with Gasteiger partial charge in [-0.3, -0.25) is 10.1 Å². The second-order valence-corrected chi connectivity index (χ2v) is 3.32. The summed E-state index contributed by atoms with van der Waals surface area (Å²) in [5, 5.41) is 19.0. The maximum absolute atomic E-state index is 10.5. The van der Waals surface area contributed by atoms with Gasteiger partial charge in [0.1, 0.15) is 0 Å². The van der Waals surface area contributed by atoms with Crippen molar-refractivity contribution in [3.05, 3.63) is 51.6 Å². The lowest BCUT2D eigenvalue weighted by molar-refractivity contribution is -0.384. The number of hydrogen-bond acceptors (Lipinski definition) is 3. The zero-order valence-electron chi connectivity index (χ0n) is 8.71. The number of carboxylic acids is 1. The molecule has 0 aromatic heterocycles. The van der Waals surface area contributed by atoms with Crippen molar-refractivity contribution in [1.29, 1.82) is 0 Å². The second kappa shape index (κ2) is 5.06. The summed E-state index contributed by atoms with van der Waals surface area (Å²) in [5.41, 5.74) is 1.13. The van der Waals surface area contributed by atoms with E-state index >= 15 is 0 Å². The summed E-state index contributed by atoms with van der Waals surface area (Å²) in [6.07, 6.45) is 2.03. The van der Waals surface area contributed by atoms with E-state index in [0.717, 1.165) is 5.56 Å². The predicted octanol–water partition coefficient (Wildman–Crippen LogP) is 2.17. The number of rotatable bonds is 4. The van der Waals surface area contributed by atoms with Crippen molar-refractivity contribution in [3.8, 4) is 0 Å². The minimum atomic E-state index is -0.957. The third-order valence-corrected chi connectivity index (χ3v) is 2.13. The van der Waals surface area contributed by atoms with Crippen molar-refractivity contribution in [2.75, 3.05) is 0 Å². The Balaban J connectivity index is 2.73. The molecule has 0 atom stereocenters. The van der Waals surface area contributed by atoms with E-state index in [1.54, 1.807) is 18.2 Å².